The molecule has 1 N–H and O–H groups in total. The molecule has 4 nitrogen and oxygen atoms in total. The minimum absolute atomic E-state index is 0.130. The highest BCUT2D eigenvalue weighted by molar-refractivity contribution is 5.84. The SMILES string of the molecule is Cc1ccc2nc(-c3ccc(F)cc3)c(CN3C[C@@H](O)[C@H](N(C)C)C3)cc2c1. The largest absolute Gasteiger partial charge is 0.390 e. The smallest absolute Gasteiger partial charge is 0.123 e. The van der Waals surface area contributed by atoms with Crippen molar-refractivity contribution in [3.63, 3.8) is 0 Å². The number of hydrogen-bond acceptors (Lipinski definition) is 4. The third kappa shape index (κ3) is 3.78. The molecule has 5 heteroatoms. The molecule has 146 valence electrons. The van der Waals surface area contributed by atoms with Crippen molar-refractivity contribution < 1.29 is 9.50 Å². The fourth-order valence-corrected chi connectivity index (χ4v) is 4.04. The van der Waals surface area contributed by atoms with Gasteiger partial charge in [0.05, 0.1) is 17.3 Å². The van der Waals surface area contributed by atoms with Crippen molar-refractivity contribution in [3.8, 4) is 11.3 Å². The highest BCUT2D eigenvalue weighted by atomic mass is 19.1. The number of pyridine rings is 1. The van der Waals surface area contributed by atoms with Crippen LogP contribution in [0, 0.1) is 12.7 Å². The van der Waals surface area contributed by atoms with Crippen molar-refractivity contribution in [2.45, 2.75) is 25.6 Å². The van der Waals surface area contributed by atoms with E-state index in [0.29, 0.717) is 13.1 Å². The van der Waals surface area contributed by atoms with Crippen LogP contribution in [-0.2, 0) is 6.54 Å². The summed E-state index contributed by atoms with van der Waals surface area (Å²) in [7, 11) is 4.00. The quantitative estimate of drug-likeness (QED) is 0.754. The molecule has 1 aliphatic heterocycles. The summed E-state index contributed by atoms with van der Waals surface area (Å²) in [6, 6.07) is 15.1. The fraction of sp³-hybridized carbons (Fsp3) is 0.348. The predicted molar refractivity (Wildman–Crippen MR) is 111 cm³/mol. The number of benzene rings is 2. The van der Waals surface area contributed by atoms with Gasteiger partial charge in [0.15, 0.2) is 0 Å². The lowest BCUT2D eigenvalue weighted by molar-refractivity contribution is 0.112. The van der Waals surface area contributed by atoms with Gasteiger partial charge in [-0.2, -0.15) is 0 Å². The van der Waals surface area contributed by atoms with Crippen LogP contribution in [0.5, 0.6) is 0 Å². The fourth-order valence-electron chi connectivity index (χ4n) is 4.04. The van der Waals surface area contributed by atoms with Gasteiger partial charge < -0.3 is 10.0 Å². The zero-order valence-corrected chi connectivity index (χ0v) is 16.6. The molecule has 2 heterocycles. The van der Waals surface area contributed by atoms with E-state index in [2.05, 4.69) is 34.9 Å². The first-order valence-electron chi connectivity index (χ1n) is 9.64. The Kier molecular flexibility index (Phi) is 5.15. The standard InChI is InChI=1S/C23H26FN3O/c1-15-4-9-20-17(10-15)11-18(12-27-13-21(26(2)3)22(28)14-27)23(25-20)16-5-7-19(24)8-6-16/h4-11,21-22,28H,12-14H2,1-3H3/t21-,22-/m1/s1. The Morgan fingerprint density at radius 2 is 1.86 bits per heavy atom. The van der Waals surface area contributed by atoms with Gasteiger partial charge in [0, 0.05) is 36.6 Å². The monoisotopic (exact) mass is 379 g/mol. The van der Waals surface area contributed by atoms with Gasteiger partial charge >= 0.3 is 0 Å². The summed E-state index contributed by atoms with van der Waals surface area (Å²) in [4.78, 5) is 9.25. The molecule has 1 saturated heterocycles. The number of aryl methyl sites for hydroxylation is 1. The van der Waals surface area contributed by atoms with E-state index in [0.717, 1.165) is 34.3 Å². The van der Waals surface area contributed by atoms with Crippen LogP contribution in [0.2, 0.25) is 0 Å². The molecule has 0 radical (unpaired) electrons. The summed E-state index contributed by atoms with van der Waals surface area (Å²) in [5, 5.41) is 11.5. The first kappa shape index (κ1) is 19.0. The van der Waals surface area contributed by atoms with Gasteiger partial charge in [-0.3, -0.25) is 4.90 Å². The van der Waals surface area contributed by atoms with Gasteiger partial charge in [0.2, 0.25) is 0 Å². The van der Waals surface area contributed by atoms with Crippen molar-refractivity contribution in [1.29, 1.82) is 0 Å². The van der Waals surface area contributed by atoms with E-state index in [-0.39, 0.29) is 18.0 Å². The lowest BCUT2D eigenvalue weighted by atomic mass is 10.0. The second-order valence-electron chi connectivity index (χ2n) is 7.99. The third-order valence-electron chi connectivity index (χ3n) is 5.56. The van der Waals surface area contributed by atoms with Crippen molar-refractivity contribution in [2.75, 3.05) is 27.2 Å². The van der Waals surface area contributed by atoms with Crippen molar-refractivity contribution >= 4 is 10.9 Å². The number of hydrogen-bond donors (Lipinski definition) is 1. The number of halogens is 1. The van der Waals surface area contributed by atoms with E-state index in [4.69, 9.17) is 4.98 Å². The number of likely N-dealkylation sites (N-methyl/N-ethyl adjacent to an activating group) is 1. The first-order chi connectivity index (χ1) is 13.4. The average Bonchev–Trinajstić information content (AvgIpc) is 3.02. The van der Waals surface area contributed by atoms with Gasteiger partial charge in [-0.25, -0.2) is 9.37 Å². The van der Waals surface area contributed by atoms with Crippen LogP contribution >= 0.6 is 0 Å². The Morgan fingerprint density at radius 1 is 1.11 bits per heavy atom. The highest BCUT2D eigenvalue weighted by Crippen LogP contribution is 2.29. The molecule has 2 atom stereocenters. The number of fused-ring (bicyclic) bond motifs is 1. The molecular weight excluding hydrogens is 353 g/mol. The molecule has 0 spiro atoms. The zero-order chi connectivity index (χ0) is 19.8. The second-order valence-corrected chi connectivity index (χ2v) is 7.99. The summed E-state index contributed by atoms with van der Waals surface area (Å²) in [5.74, 6) is -0.252. The number of rotatable bonds is 4. The van der Waals surface area contributed by atoms with E-state index in [9.17, 15) is 9.50 Å². The molecule has 0 bridgehead atoms. The zero-order valence-electron chi connectivity index (χ0n) is 16.6. The van der Waals surface area contributed by atoms with E-state index in [1.165, 1.54) is 17.7 Å². The van der Waals surface area contributed by atoms with Gasteiger partial charge in [0.25, 0.3) is 0 Å². The topological polar surface area (TPSA) is 39.6 Å². The number of aliphatic hydroxyl groups is 1. The van der Waals surface area contributed by atoms with Crippen LogP contribution in [0.4, 0.5) is 4.39 Å². The molecule has 0 amide bonds. The molecule has 1 fully saturated rings. The van der Waals surface area contributed by atoms with E-state index >= 15 is 0 Å². The maximum atomic E-state index is 13.4. The Balaban J connectivity index is 1.74. The van der Waals surface area contributed by atoms with Gasteiger partial charge in [-0.05, 0) is 69.0 Å². The van der Waals surface area contributed by atoms with E-state index < -0.39 is 0 Å². The van der Waals surface area contributed by atoms with Crippen LogP contribution in [0.3, 0.4) is 0 Å². The van der Waals surface area contributed by atoms with Gasteiger partial charge in [-0.15, -0.1) is 0 Å². The summed E-state index contributed by atoms with van der Waals surface area (Å²) in [5.41, 5.74) is 5.00. The molecular formula is C23H26FN3O. The Labute approximate surface area is 165 Å². The van der Waals surface area contributed by atoms with Crippen molar-refractivity contribution in [3.05, 3.63) is 65.5 Å². The molecule has 4 rings (SSSR count). The molecule has 0 saturated carbocycles. The minimum atomic E-state index is -0.361. The Morgan fingerprint density at radius 3 is 2.54 bits per heavy atom. The number of likely N-dealkylation sites (tertiary alicyclic amines) is 1. The third-order valence-corrected chi connectivity index (χ3v) is 5.56. The molecule has 0 unspecified atom stereocenters. The molecule has 1 aromatic heterocycles. The number of nitrogens with zero attached hydrogens (tertiary/aromatic N) is 3. The molecule has 28 heavy (non-hydrogen) atoms. The van der Waals surface area contributed by atoms with Crippen molar-refractivity contribution in [1.82, 2.24) is 14.8 Å². The maximum absolute atomic E-state index is 13.4. The van der Waals surface area contributed by atoms with Gasteiger partial charge in [-0.1, -0.05) is 11.6 Å². The first-order valence-corrected chi connectivity index (χ1v) is 9.64. The minimum Gasteiger partial charge on any atom is -0.390 e. The number of β-amino-alcohol motifs (C(OH)–C–C–N with tert-alkyl or cyclic N) is 1. The lowest BCUT2D eigenvalue weighted by Crippen LogP contribution is -2.37. The number of aliphatic hydroxyl groups excluding tert-OH is 1. The summed E-state index contributed by atoms with van der Waals surface area (Å²) >= 11 is 0. The molecule has 0 aliphatic carbocycles. The lowest BCUT2D eigenvalue weighted by Gasteiger charge is -2.22. The van der Waals surface area contributed by atoms with Crippen LogP contribution in [-0.4, -0.2) is 59.2 Å². The van der Waals surface area contributed by atoms with Crippen LogP contribution < -0.4 is 0 Å². The molecule has 1 aliphatic rings. The average molecular weight is 379 g/mol. The molecule has 3 aromatic rings. The summed E-state index contributed by atoms with van der Waals surface area (Å²) in [6.07, 6.45) is -0.361. The van der Waals surface area contributed by atoms with Crippen LogP contribution in [0.1, 0.15) is 11.1 Å². The van der Waals surface area contributed by atoms with Crippen molar-refractivity contribution in [2.24, 2.45) is 0 Å². The number of aromatic nitrogens is 1. The van der Waals surface area contributed by atoms with Crippen LogP contribution in [0.15, 0.2) is 48.5 Å². The van der Waals surface area contributed by atoms with Gasteiger partial charge in [0.1, 0.15) is 5.82 Å². The predicted octanol–water partition coefficient (Wildman–Crippen LogP) is 3.46. The highest BCUT2D eigenvalue weighted by Gasteiger charge is 2.33. The summed E-state index contributed by atoms with van der Waals surface area (Å²) < 4.78 is 13.4. The second kappa shape index (κ2) is 7.59. The Hall–Kier alpha value is -2.34. The maximum Gasteiger partial charge on any atom is 0.123 e. The molecule has 2 aromatic carbocycles. The summed E-state index contributed by atoms with van der Waals surface area (Å²) in [6.45, 7) is 4.22. The Bertz CT molecular complexity index is 987. The van der Waals surface area contributed by atoms with E-state index in [1.807, 2.05) is 20.2 Å². The van der Waals surface area contributed by atoms with Crippen LogP contribution in [0.25, 0.3) is 22.2 Å². The van der Waals surface area contributed by atoms with E-state index in [1.54, 1.807) is 12.1 Å². The normalized spacial score (nSPS) is 20.4.